The lowest BCUT2D eigenvalue weighted by Gasteiger charge is -2.17. The zero-order valence-electron chi connectivity index (χ0n) is 15.4. The molecule has 1 aliphatic rings. The van der Waals surface area contributed by atoms with Crippen molar-refractivity contribution >= 4 is 31.6 Å². The highest BCUT2D eigenvalue weighted by molar-refractivity contribution is 7.94. The number of anilines is 1. The normalized spacial score (nSPS) is 19.3. The monoisotopic (exact) mass is 403 g/mol. The quantitative estimate of drug-likeness (QED) is 0.670. The zero-order chi connectivity index (χ0) is 19.8. The molecule has 10 heteroatoms. The van der Waals surface area contributed by atoms with Crippen molar-refractivity contribution < 1.29 is 21.6 Å². The minimum Gasteiger partial charge on any atom is -0.309 e. The van der Waals surface area contributed by atoms with Crippen molar-refractivity contribution in [2.45, 2.75) is 25.2 Å². The molecule has 0 aromatic heterocycles. The summed E-state index contributed by atoms with van der Waals surface area (Å²) in [5.41, 5.74) is -0.857. The Morgan fingerprint density at radius 1 is 1.19 bits per heavy atom. The maximum absolute atomic E-state index is 12.4. The molecule has 1 heterocycles. The van der Waals surface area contributed by atoms with Gasteiger partial charge >= 0.3 is 0 Å². The van der Waals surface area contributed by atoms with Crippen molar-refractivity contribution in [1.29, 1.82) is 0 Å². The van der Waals surface area contributed by atoms with Crippen LogP contribution in [0.4, 0.5) is 5.69 Å². The SMILES string of the molecule is CN(C)CCCNS(=O)(=O)c1ccc(N2C(=O)C(C)(C)CS2(=O)=O)cc1. The number of carbonyl (C=O) groups is 1. The average molecular weight is 404 g/mol. The van der Waals surface area contributed by atoms with Gasteiger partial charge in [-0.1, -0.05) is 0 Å². The van der Waals surface area contributed by atoms with E-state index in [1.165, 1.54) is 24.3 Å². The van der Waals surface area contributed by atoms with Gasteiger partial charge in [0.05, 0.1) is 21.8 Å². The predicted octanol–water partition coefficient (Wildman–Crippen LogP) is 0.619. The number of hydrogen-bond acceptors (Lipinski definition) is 6. The molecule has 1 fully saturated rings. The first-order valence-electron chi connectivity index (χ1n) is 8.19. The third-order valence-electron chi connectivity index (χ3n) is 4.04. The Labute approximate surface area is 155 Å². The van der Waals surface area contributed by atoms with Gasteiger partial charge in [-0.15, -0.1) is 0 Å². The molecule has 1 aromatic rings. The van der Waals surface area contributed by atoms with Gasteiger partial charge in [-0.2, -0.15) is 0 Å². The first-order chi connectivity index (χ1) is 11.9. The van der Waals surface area contributed by atoms with E-state index in [9.17, 15) is 21.6 Å². The lowest BCUT2D eigenvalue weighted by molar-refractivity contribution is -0.123. The highest BCUT2D eigenvalue weighted by Crippen LogP contribution is 2.35. The van der Waals surface area contributed by atoms with Crippen LogP contribution in [0.2, 0.25) is 0 Å². The Balaban J connectivity index is 2.17. The summed E-state index contributed by atoms with van der Waals surface area (Å²) in [5, 5.41) is 0. The smallest absolute Gasteiger partial charge is 0.247 e. The number of nitrogens with one attached hydrogen (secondary N) is 1. The molecule has 0 unspecified atom stereocenters. The molecule has 0 spiro atoms. The molecule has 1 aliphatic heterocycles. The minimum absolute atomic E-state index is 0.0226. The van der Waals surface area contributed by atoms with Gasteiger partial charge in [-0.25, -0.2) is 25.9 Å². The van der Waals surface area contributed by atoms with E-state index in [-0.39, 0.29) is 16.3 Å². The number of nitrogens with zero attached hydrogens (tertiary/aromatic N) is 2. The van der Waals surface area contributed by atoms with Crippen LogP contribution in [-0.2, 0) is 24.8 Å². The summed E-state index contributed by atoms with van der Waals surface area (Å²) < 4.78 is 52.4. The van der Waals surface area contributed by atoms with Crippen molar-refractivity contribution in [1.82, 2.24) is 9.62 Å². The number of sulfonamides is 2. The van der Waals surface area contributed by atoms with Crippen LogP contribution in [0.25, 0.3) is 0 Å². The van der Waals surface area contributed by atoms with E-state index in [4.69, 9.17) is 0 Å². The zero-order valence-corrected chi connectivity index (χ0v) is 17.0. The number of rotatable bonds is 7. The molecular formula is C16H25N3O5S2. The Hall–Kier alpha value is -1.49. The summed E-state index contributed by atoms with van der Waals surface area (Å²) in [6.07, 6.45) is 0.667. The lowest BCUT2D eigenvalue weighted by Crippen LogP contribution is -2.33. The second-order valence-electron chi connectivity index (χ2n) is 7.26. The second-order valence-corrected chi connectivity index (χ2v) is 10.8. The highest BCUT2D eigenvalue weighted by atomic mass is 32.2. The first-order valence-corrected chi connectivity index (χ1v) is 11.3. The molecule has 8 nitrogen and oxygen atoms in total. The maximum atomic E-state index is 12.4. The van der Waals surface area contributed by atoms with Crippen LogP contribution in [0.15, 0.2) is 29.2 Å². The number of carbonyl (C=O) groups excluding carboxylic acids is 1. The van der Waals surface area contributed by atoms with Crippen LogP contribution in [0.5, 0.6) is 0 Å². The molecular weight excluding hydrogens is 378 g/mol. The van der Waals surface area contributed by atoms with Gasteiger partial charge in [-0.3, -0.25) is 4.79 Å². The van der Waals surface area contributed by atoms with Crippen LogP contribution in [0.1, 0.15) is 20.3 Å². The maximum Gasteiger partial charge on any atom is 0.247 e. The summed E-state index contributed by atoms with van der Waals surface area (Å²) >= 11 is 0. The third kappa shape index (κ3) is 4.43. The minimum atomic E-state index is -3.76. The Bertz CT molecular complexity index is 875. The fraction of sp³-hybridized carbons (Fsp3) is 0.562. The molecule has 1 saturated heterocycles. The molecule has 0 bridgehead atoms. The van der Waals surface area contributed by atoms with Crippen molar-refractivity contribution in [3.8, 4) is 0 Å². The van der Waals surface area contributed by atoms with Gasteiger partial charge < -0.3 is 4.90 Å². The molecule has 26 heavy (non-hydrogen) atoms. The lowest BCUT2D eigenvalue weighted by atomic mass is 9.95. The van der Waals surface area contributed by atoms with E-state index >= 15 is 0 Å². The van der Waals surface area contributed by atoms with Gasteiger partial charge in [0, 0.05) is 6.54 Å². The van der Waals surface area contributed by atoms with Crippen LogP contribution < -0.4 is 9.03 Å². The standard InChI is InChI=1S/C16H25N3O5S2/c1-16(2)12-25(21,22)19(15(16)20)13-6-8-14(9-7-13)26(23,24)17-10-5-11-18(3)4/h6-9,17H,5,10-12H2,1-4H3. The van der Waals surface area contributed by atoms with Crippen LogP contribution in [0, 0.1) is 5.41 Å². The fourth-order valence-corrected chi connectivity index (χ4v) is 5.89. The largest absolute Gasteiger partial charge is 0.309 e. The van der Waals surface area contributed by atoms with Crippen LogP contribution in [-0.4, -0.2) is 60.6 Å². The molecule has 146 valence electrons. The fourth-order valence-electron chi connectivity index (χ4n) is 2.71. The van der Waals surface area contributed by atoms with E-state index in [0.717, 1.165) is 10.8 Å². The second kappa shape index (κ2) is 7.26. The Morgan fingerprint density at radius 2 is 1.77 bits per heavy atom. The van der Waals surface area contributed by atoms with Crippen LogP contribution >= 0.6 is 0 Å². The average Bonchev–Trinajstić information content (AvgIpc) is 2.67. The third-order valence-corrected chi connectivity index (χ3v) is 7.54. The number of hydrogen-bond donors (Lipinski definition) is 1. The molecule has 0 aliphatic carbocycles. The topological polar surface area (TPSA) is 104 Å². The summed E-state index contributed by atoms with van der Waals surface area (Å²) in [4.78, 5) is 14.3. The summed E-state index contributed by atoms with van der Waals surface area (Å²) in [5.74, 6) is -0.790. The van der Waals surface area contributed by atoms with E-state index in [2.05, 4.69) is 4.72 Å². The molecule has 1 amide bonds. The van der Waals surface area contributed by atoms with E-state index in [0.29, 0.717) is 13.0 Å². The summed E-state index contributed by atoms with van der Waals surface area (Å²) in [7, 11) is -3.63. The summed E-state index contributed by atoms with van der Waals surface area (Å²) in [6.45, 7) is 4.20. The number of benzene rings is 1. The molecule has 0 atom stereocenters. The molecule has 0 saturated carbocycles. The Morgan fingerprint density at radius 3 is 2.23 bits per heavy atom. The van der Waals surface area contributed by atoms with Crippen molar-refractivity contribution in [3.63, 3.8) is 0 Å². The van der Waals surface area contributed by atoms with Crippen molar-refractivity contribution in [2.75, 3.05) is 37.2 Å². The number of amides is 1. The van der Waals surface area contributed by atoms with E-state index in [1.54, 1.807) is 13.8 Å². The molecule has 1 N–H and O–H groups in total. The highest BCUT2D eigenvalue weighted by Gasteiger charge is 2.49. The van der Waals surface area contributed by atoms with Gasteiger partial charge in [0.25, 0.3) is 0 Å². The molecule has 1 aromatic carbocycles. The first kappa shape index (κ1) is 20.8. The van der Waals surface area contributed by atoms with E-state index < -0.39 is 31.4 Å². The van der Waals surface area contributed by atoms with Crippen molar-refractivity contribution in [2.24, 2.45) is 5.41 Å². The Kier molecular flexibility index (Phi) is 5.81. The summed E-state index contributed by atoms with van der Waals surface area (Å²) in [6, 6.07) is 5.28. The van der Waals surface area contributed by atoms with Gasteiger partial charge in [0.15, 0.2) is 0 Å². The van der Waals surface area contributed by atoms with Gasteiger partial charge in [0.2, 0.25) is 26.0 Å². The molecule has 2 rings (SSSR count). The van der Waals surface area contributed by atoms with Crippen LogP contribution in [0.3, 0.4) is 0 Å². The predicted molar refractivity (Wildman–Crippen MR) is 99.9 cm³/mol. The van der Waals surface area contributed by atoms with Gasteiger partial charge in [-0.05, 0) is 65.2 Å². The van der Waals surface area contributed by atoms with E-state index in [1.807, 2.05) is 19.0 Å². The van der Waals surface area contributed by atoms with Gasteiger partial charge in [0.1, 0.15) is 0 Å². The van der Waals surface area contributed by atoms with Crippen molar-refractivity contribution in [3.05, 3.63) is 24.3 Å². The molecule has 0 radical (unpaired) electrons.